The van der Waals surface area contributed by atoms with Crippen molar-refractivity contribution in [1.82, 2.24) is 14.8 Å². The van der Waals surface area contributed by atoms with Crippen LogP contribution in [0.5, 0.6) is 0 Å². The molecule has 0 radical (unpaired) electrons. The number of aliphatic hydroxyl groups is 1. The molecule has 62 valence electrons. The molecule has 1 atom stereocenters. The highest BCUT2D eigenvalue weighted by molar-refractivity contribution is 4.70. The van der Waals surface area contributed by atoms with Gasteiger partial charge in [0, 0.05) is 7.11 Å². The number of aromatic nitrogens is 3. The Hall–Kier alpha value is -0.940. The Morgan fingerprint density at radius 3 is 2.64 bits per heavy atom. The number of hydrogen-bond donors (Lipinski definition) is 1. The summed E-state index contributed by atoms with van der Waals surface area (Å²) >= 11 is 0. The summed E-state index contributed by atoms with van der Waals surface area (Å²) in [5, 5.41) is 16.1. The highest BCUT2D eigenvalue weighted by Crippen LogP contribution is 2.02. The lowest BCUT2D eigenvalue weighted by Crippen LogP contribution is -2.16. The number of ether oxygens (including phenoxy) is 1. The van der Waals surface area contributed by atoms with Gasteiger partial charge in [-0.2, -0.15) is 0 Å². The van der Waals surface area contributed by atoms with Crippen molar-refractivity contribution in [2.24, 2.45) is 0 Å². The van der Waals surface area contributed by atoms with Crippen LogP contribution in [0.1, 0.15) is 6.04 Å². The minimum Gasteiger partial charge on any atom is -0.394 e. The summed E-state index contributed by atoms with van der Waals surface area (Å²) in [5.74, 6) is 0. The van der Waals surface area contributed by atoms with E-state index in [1.807, 2.05) is 0 Å². The third kappa shape index (κ3) is 1.99. The second-order valence-corrected chi connectivity index (χ2v) is 2.20. The summed E-state index contributed by atoms with van der Waals surface area (Å²) in [4.78, 5) is 0. The van der Waals surface area contributed by atoms with E-state index in [-0.39, 0.29) is 12.6 Å². The maximum atomic E-state index is 8.87. The fourth-order valence-electron chi connectivity index (χ4n) is 0.823. The van der Waals surface area contributed by atoms with E-state index < -0.39 is 0 Å². The van der Waals surface area contributed by atoms with Crippen LogP contribution < -0.4 is 0 Å². The molecule has 1 N–H and O–H groups in total. The standard InChI is InChI=1S/C6H11N3O2/c1-11-3-6(2-10)9-4-7-8-5-9/h4-6,10H,2-3H2,1H3. The van der Waals surface area contributed by atoms with Crippen LogP contribution in [-0.2, 0) is 4.74 Å². The highest BCUT2D eigenvalue weighted by atomic mass is 16.5. The van der Waals surface area contributed by atoms with E-state index >= 15 is 0 Å². The smallest absolute Gasteiger partial charge is 0.119 e. The van der Waals surface area contributed by atoms with Gasteiger partial charge in [-0.3, -0.25) is 0 Å². The van der Waals surface area contributed by atoms with Crippen molar-refractivity contribution >= 4 is 0 Å². The van der Waals surface area contributed by atoms with E-state index in [1.54, 1.807) is 24.3 Å². The molecule has 0 saturated heterocycles. The first kappa shape index (κ1) is 8.16. The van der Waals surface area contributed by atoms with Gasteiger partial charge in [-0.15, -0.1) is 10.2 Å². The summed E-state index contributed by atoms with van der Waals surface area (Å²) < 4.78 is 6.59. The fourth-order valence-corrected chi connectivity index (χ4v) is 0.823. The van der Waals surface area contributed by atoms with Crippen molar-refractivity contribution in [3.8, 4) is 0 Å². The van der Waals surface area contributed by atoms with Gasteiger partial charge in [-0.1, -0.05) is 0 Å². The Bertz CT molecular complexity index is 188. The molecule has 11 heavy (non-hydrogen) atoms. The zero-order chi connectivity index (χ0) is 8.10. The molecule has 0 bridgehead atoms. The molecule has 1 aromatic heterocycles. The molecular weight excluding hydrogens is 146 g/mol. The largest absolute Gasteiger partial charge is 0.394 e. The summed E-state index contributed by atoms with van der Waals surface area (Å²) in [6.07, 6.45) is 3.11. The van der Waals surface area contributed by atoms with Gasteiger partial charge in [-0.05, 0) is 0 Å². The molecule has 0 aliphatic carbocycles. The topological polar surface area (TPSA) is 60.2 Å². The van der Waals surface area contributed by atoms with Crippen LogP contribution in [0, 0.1) is 0 Å². The van der Waals surface area contributed by atoms with Crippen LogP contribution in [0.2, 0.25) is 0 Å². The number of rotatable bonds is 4. The number of hydrogen-bond acceptors (Lipinski definition) is 4. The van der Waals surface area contributed by atoms with E-state index in [0.29, 0.717) is 6.61 Å². The van der Waals surface area contributed by atoms with E-state index in [0.717, 1.165) is 0 Å². The zero-order valence-electron chi connectivity index (χ0n) is 6.34. The van der Waals surface area contributed by atoms with Crippen molar-refractivity contribution in [2.75, 3.05) is 20.3 Å². The predicted octanol–water partition coefficient (Wildman–Crippen LogP) is -0.542. The van der Waals surface area contributed by atoms with Crippen molar-refractivity contribution in [1.29, 1.82) is 0 Å². The second-order valence-electron chi connectivity index (χ2n) is 2.20. The average molecular weight is 157 g/mol. The molecule has 0 fully saturated rings. The molecular formula is C6H11N3O2. The van der Waals surface area contributed by atoms with Crippen molar-refractivity contribution < 1.29 is 9.84 Å². The molecule has 1 rings (SSSR count). The maximum Gasteiger partial charge on any atom is 0.119 e. The molecule has 0 saturated carbocycles. The van der Waals surface area contributed by atoms with Gasteiger partial charge in [0.25, 0.3) is 0 Å². The van der Waals surface area contributed by atoms with E-state index in [2.05, 4.69) is 10.2 Å². The lowest BCUT2D eigenvalue weighted by Gasteiger charge is -2.12. The average Bonchev–Trinajstić information content (AvgIpc) is 2.52. The van der Waals surface area contributed by atoms with Gasteiger partial charge >= 0.3 is 0 Å². The molecule has 1 unspecified atom stereocenters. The van der Waals surface area contributed by atoms with Crippen molar-refractivity contribution in [3.63, 3.8) is 0 Å². The Balaban J connectivity index is 2.56. The first-order valence-corrected chi connectivity index (χ1v) is 3.32. The van der Waals surface area contributed by atoms with E-state index in [1.165, 1.54) is 0 Å². The Morgan fingerprint density at radius 2 is 2.18 bits per heavy atom. The van der Waals surface area contributed by atoms with Crippen LogP contribution in [0.25, 0.3) is 0 Å². The molecule has 0 spiro atoms. The number of aliphatic hydroxyl groups excluding tert-OH is 1. The molecule has 1 aromatic rings. The SMILES string of the molecule is COCC(CO)n1cnnc1. The number of nitrogens with zero attached hydrogens (tertiary/aromatic N) is 3. The van der Waals surface area contributed by atoms with Crippen LogP contribution in [0.4, 0.5) is 0 Å². The summed E-state index contributed by atoms with van der Waals surface area (Å²) in [6.45, 7) is 0.500. The third-order valence-electron chi connectivity index (χ3n) is 1.43. The molecule has 5 nitrogen and oxygen atoms in total. The first-order valence-electron chi connectivity index (χ1n) is 3.32. The fraction of sp³-hybridized carbons (Fsp3) is 0.667. The van der Waals surface area contributed by atoms with Gasteiger partial charge in [0.15, 0.2) is 0 Å². The molecule has 1 heterocycles. The lowest BCUT2D eigenvalue weighted by atomic mass is 10.3. The molecule has 0 aliphatic rings. The minimum atomic E-state index is -0.0741. The van der Waals surface area contributed by atoms with Crippen LogP contribution in [0.15, 0.2) is 12.7 Å². The number of methoxy groups -OCH3 is 1. The van der Waals surface area contributed by atoms with Crippen LogP contribution in [0.3, 0.4) is 0 Å². The minimum absolute atomic E-state index is 0.0336. The molecule has 0 aliphatic heterocycles. The zero-order valence-corrected chi connectivity index (χ0v) is 6.34. The van der Waals surface area contributed by atoms with Crippen molar-refractivity contribution in [3.05, 3.63) is 12.7 Å². The molecule has 0 amide bonds. The summed E-state index contributed by atoms with van der Waals surface area (Å²) in [6, 6.07) is -0.0741. The van der Waals surface area contributed by atoms with Crippen LogP contribution in [-0.4, -0.2) is 40.2 Å². The van der Waals surface area contributed by atoms with Gasteiger partial charge in [0.1, 0.15) is 12.7 Å². The van der Waals surface area contributed by atoms with Gasteiger partial charge in [0.2, 0.25) is 0 Å². The first-order chi connectivity index (χ1) is 5.38. The Kier molecular flexibility index (Phi) is 3.00. The Morgan fingerprint density at radius 1 is 1.55 bits per heavy atom. The predicted molar refractivity (Wildman–Crippen MR) is 38.0 cm³/mol. The van der Waals surface area contributed by atoms with Gasteiger partial charge in [-0.25, -0.2) is 0 Å². The maximum absolute atomic E-state index is 8.87. The third-order valence-corrected chi connectivity index (χ3v) is 1.43. The summed E-state index contributed by atoms with van der Waals surface area (Å²) in [7, 11) is 1.59. The molecule has 5 heteroatoms. The normalized spacial score (nSPS) is 13.3. The van der Waals surface area contributed by atoms with Crippen molar-refractivity contribution in [2.45, 2.75) is 6.04 Å². The van der Waals surface area contributed by atoms with E-state index in [4.69, 9.17) is 9.84 Å². The highest BCUT2D eigenvalue weighted by Gasteiger charge is 2.07. The van der Waals surface area contributed by atoms with Crippen LogP contribution >= 0.6 is 0 Å². The Labute approximate surface area is 64.6 Å². The molecule has 0 aromatic carbocycles. The summed E-state index contributed by atoms with van der Waals surface area (Å²) in [5.41, 5.74) is 0. The lowest BCUT2D eigenvalue weighted by molar-refractivity contribution is 0.114. The van der Waals surface area contributed by atoms with Gasteiger partial charge in [0.05, 0.1) is 19.3 Å². The monoisotopic (exact) mass is 157 g/mol. The van der Waals surface area contributed by atoms with Gasteiger partial charge < -0.3 is 14.4 Å². The quantitative estimate of drug-likeness (QED) is 0.637. The van der Waals surface area contributed by atoms with E-state index in [9.17, 15) is 0 Å². The second kappa shape index (κ2) is 4.05.